The van der Waals surface area contributed by atoms with Crippen LogP contribution in [0.3, 0.4) is 0 Å². The van der Waals surface area contributed by atoms with E-state index in [0.717, 1.165) is 17.7 Å². The molecule has 2 N–H and O–H groups in total. The molecular formula is C10H13NOS. The summed E-state index contributed by atoms with van der Waals surface area (Å²) in [7, 11) is 0. The monoisotopic (exact) mass is 195 g/mol. The van der Waals surface area contributed by atoms with Gasteiger partial charge in [0.2, 0.25) is 0 Å². The van der Waals surface area contributed by atoms with E-state index in [1.807, 2.05) is 6.07 Å². The molecule has 1 aliphatic rings. The van der Waals surface area contributed by atoms with Crippen molar-refractivity contribution in [3.8, 4) is 0 Å². The van der Waals surface area contributed by atoms with Crippen LogP contribution in [0.25, 0.3) is 0 Å². The summed E-state index contributed by atoms with van der Waals surface area (Å²) in [5.41, 5.74) is 6.91. The van der Waals surface area contributed by atoms with Crippen LogP contribution in [0.5, 0.6) is 0 Å². The number of hydrogen-bond acceptors (Lipinski definition) is 3. The summed E-state index contributed by atoms with van der Waals surface area (Å²) in [6, 6.07) is 1.66. The van der Waals surface area contributed by atoms with Crippen LogP contribution in [-0.2, 0) is 12.8 Å². The van der Waals surface area contributed by atoms with E-state index in [9.17, 15) is 4.79 Å². The number of Topliss-reactive ketones (excluding diaryl/α,β-unsaturated/α-hetero) is 1. The third-order valence-corrected chi connectivity index (χ3v) is 3.65. The Morgan fingerprint density at radius 3 is 3.00 bits per heavy atom. The van der Waals surface area contributed by atoms with Crippen LogP contribution in [0.2, 0.25) is 0 Å². The first-order valence-electron chi connectivity index (χ1n) is 4.60. The summed E-state index contributed by atoms with van der Waals surface area (Å²) < 4.78 is 0. The largest absolute Gasteiger partial charge is 0.321 e. The lowest BCUT2D eigenvalue weighted by molar-refractivity contribution is 0.0972. The Balaban J connectivity index is 2.28. The maximum atomic E-state index is 11.5. The quantitative estimate of drug-likeness (QED) is 0.731. The fourth-order valence-electron chi connectivity index (χ4n) is 1.67. The van der Waals surface area contributed by atoms with E-state index in [2.05, 4.69) is 0 Å². The van der Waals surface area contributed by atoms with Crippen molar-refractivity contribution in [3.63, 3.8) is 0 Å². The van der Waals surface area contributed by atoms with Crippen LogP contribution >= 0.6 is 11.3 Å². The molecule has 0 bridgehead atoms. The molecule has 3 heteroatoms. The lowest BCUT2D eigenvalue weighted by atomic mass is 10.1. The van der Waals surface area contributed by atoms with Crippen molar-refractivity contribution in [2.75, 3.05) is 0 Å². The van der Waals surface area contributed by atoms with E-state index in [0.29, 0.717) is 0 Å². The Labute approximate surface area is 81.8 Å². The van der Waals surface area contributed by atoms with Crippen molar-refractivity contribution in [2.24, 2.45) is 5.73 Å². The van der Waals surface area contributed by atoms with Crippen molar-refractivity contribution in [3.05, 3.63) is 21.4 Å². The second-order valence-electron chi connectivity index (χ2n) is 3.57. The molecule has 1 heterocycles. The van der Waals surface area contributed by atoms with Crippen LogP contribution in [0.15, 0.2) is 6.07 Å². The number of nitrogens with two attached hydrogens (primary N) is 1. The highest BCUT2D eigenvalue weighted by Crippen LogP contribution is 2.30. The van der Waals surface area contributed by atoms with Gasteiger partial charge in [-0.3, -0.25) is 4.79 Å². The summed E-state index contributed by atoms with van der Waals surface area (Å²) in [6.45, 7) is 1.74. The summed E-state index contributed by atoms with van der Waals surface area (Å²) in [4.78, 5) is 13.8. The smallest absolute Gasteiger partial charge is 0.189 e. The maximum absolute atomic E-state index is 11.5. The van der Waals surface area contributed by atoms with E-state index < -0.39 is 0 Å². The molecular weight excluding hydrogens is 182 g/mol. The Hall–Kier alpha value is -0.670. The van der Waals surface area contributed by atoms with E-state index in [4.69, 9.17) is 5.73 Å². The topological polar surface area (TPSA) is 43.1 Å². The zero-order chi connectivity index (χ0) is 9.42. The Morgan fingerprint density at radius 2 is 2.38 bits per heavy atom. The van der Waals surface area contributed by atoms with Crippen molar-refractivity contribution >= 4 is 17.1 Å². The van der Waals surface area contributed by atoms with E-state index in [1.54, 1.807) is 18.3 Å². The fourth-order valence-corrected chi connectivity index (χ4v) is 2.97. The number of carbonyl (C=O) groups excluding carboxylic acids is 1. The number of aryl methyl sites for hydroxylation is 2. The zero-order valence-electron chi connectivity index (χ0n) is 7.67. The Bertz CT molecular complexity index is 319. The second-order valence-corrected chi connectivity index (χ2v) is 4.70. The molecule has 2 nitrogen and oxygen atoms in total. The highest BCUT2D eigenvalue weighted by molar-refractivity contribution is 7.14. The molecule has 0 amide bonds. The minimum Gasteiger partial charge on any atom is -0.321 e. The second kappa shape index (κ2) is 3.24. The first kappa shape index (κ1) is 8.91. The predicted molar refractivity (Wildman–Crippen MR) is 54.3 cm³/mol. The molecule has 1 aliphatic carbocycles. The van der Waals surface area contributed by atoms with Crippen LogP contribution in [0, 0.1) is 0 Å². The van der Waals surface area contributed by atoms with E-state index in [-0.39, 0.29) is 11.8 Å². The predicted octanol–water partition coefficient (Wildman–Crippen LogP) is 1.77. The summed E-state index contributed by atoms with van der Waals surface area (Å²) in [6.07, 6.45) is 3.53. The average molecular weight is 195 g/mol. The molecule has 1 aromatic rings. The SMILES string of the molecule is CC(N)C(=O)c1cc2c(s1)CCC2. The van der Waals surface area contributed by atoms with Crippen LogP contribution < -0.4 is 5.73 Å². The van der Waals surface area contributed by atoms with Gasteiger partial charge in [0, 0.05) is 4.88 Å². The third kappa shape index (κ3) is 1.54. The van der Waals surface area contributed by atoms with Crippen molar-refractivity contribution < 1.29 is 4.79 Å². The summed E-state index contributed by atoms with van der Waals surface area (Å²) in [5, 5.41) is 0. The van der Waals surface area contributed by atoms with Gasteiger partial charge in [0.15, 0.2) is 5.78 Å². The normalized spacial score (nSPS) is 17.1. The Morgan fingerprint density at radius 1 is 1.62 bits per heavy atom. The standard InChI is InChI=1S/C10H13NOS/c1-6(11)10(12)9-5-7-3-2-4-8(7)13-9/h5-6H,2-4,11H2,1H3. The minimum atomic E-state index is -0.362. The van der Waals surface area contributed by atoms with Crippen molar-refractivity contribution in [1.29, 1.82) is 0 Å². The first-order valence-corrected chi connectivity index (χ1v) is 5.41. The van der Waals surface area contributed by atoms with E-state index in [1.165, 1.54) is 16.9 Å². The lowest BCUT2D eigenvalue weighted by Crippen LogP contribution is -2.25. The number of carbonyl (C=O) groups is 1. The van der Waals surface area contributed by atoms with Gasteiger partial charge in [-0.15, -0.1) is 11.3 Å². The van der Waals surface area contributed by atoms with Gasteiger partial charge >= 0.3 is 0 Å². The van der Waals surface area contributed by atoms with Crippen molar-refractivity contribution in [1.82, 2.24) is 0 Å². The van der Waals surface area contributed by atoms with Crippen LogP contribution in [0.1, 0.15) is 33.5 Å². The summed E-state index contributed by atoms with van der Waals surface area (Å²) in [5.74, 6) is 0.0828. The highest BCUT2D eigenvalue weighted by atomic mass is 32.1. The molecule has 0 fully saturated rings. The lowest BCUT2D eigenvalue weighted by Gasteiger charge is -1.99. The molecule has 0 saturated heterocycles. The van der Waals surface area contributed by atoms with Gasteiger partial charge in [-0.05, 0) is 37.8 Å². The van der Waals surface area contributed by atoms with Gasteiger partial charge in [0.05, 0.1) is 10.9 Å². The molecule has 70 valence electrons. The van der Waals surface area contributed by atoms with Crippen LogP contribution in [0.4, 0.5) is 0 Å². The number of rotatable bonds is 2. The molecule has 1 atom stereocenters. The Kier molecular flexibility index (Phi) is 2.22. The molecule has 13 heavy (non-hydrogen) atoms. The highest BCUT2D eigenvalue weighted by Gasteiger charge is 2.19. The molecule has 2 rings (SSSR count). The van der Waals surface area contributed by atoms with Gasteiger partial charge in [0.1, 0.15) is 0 Å². The first-order chi connectivity index (χ1) is 6.18. The molecule has 0 aliphatic heterocycles. The molecule has 0 spiro atoms. The number of fused-ring (bicyclic) bond motifs is 1. The van der Waals surface area contributed by atoms with Crippen molar-refractivity contribution in [2.45, 2.75) is 32.2 Å². The number of hydrogen-bond donors (Lipinski definition) is 1. The minimum absolute atomic E-state index is 0.0828. The van der Waals surface area contributed by atoms with Gasteiger partial charge in [-0.25, -0.2) is 0 Å². The van der Waals surface area contributed by atoms with Gasteiger partial charge in [-0.1, -0.05) is 0 Å². The fraction of sp³-hybridized carbons (Fsp3) is 0.500. The molecule has 1 aromatic heterocycles. The van der Waals surface area contributed by atoms with E-state index >= 15 is 0 Å². The van der Waals surface area contributed by atoms with Gasteiger partial charge < -0.3 is 5.73 Å². The number of ketones is 1. The zero-order valence-corrected chi connectivity index (χ0v) is 8.49. The van der Waals surface area contributed by atoms with Crippen LogP contribution in [-0.4, -0.2) is 11.8 Å². The molecule has 0 radical (unpaired) electrons. The average Bonchev–Trinajstić information content (AvgIpc) is 2.59. The third-order valence-electron chi connectivity index (χ3n) is 2.40. The molecule has 1 unspecified atom stereocenters. The molecule has 0 aromatic carbocycles. The van der Waals surface area contributed by atoms with Gasteiger partial charge in [-0.2, -0.15) is 0 Å². The summed E-state index contributed by atoms with van der Waals surface area (Å²) >= 11 is 1.63. The maximum Gasteiger partial charge on any atom is 0.189 e. The molecule has 0 saturated carbocycles. The number of thiophene rings is 1. The van der Waals surface area contributed by atoms with Gasteiger partial charge in [0.25, 0.3) is 0 Å².